The zero-order valence-corrected chi connectivity index (χ0v) is 15.8. The van der Waals surface area contributed by atoms with Crippen LogP contribution in [0.15, 0.2) is 22.2 Å². The quantitative estimate of drug-likeness (QED) is 0.444. The molecule has 1 fully saturated rings. The SMILES string of the molecule is C=C1NC(=O)C(I)=CN1C1O[C@H](CCP(=C)(C)C)[C@@H](O)[C@H]1O. The van der Waals surface area contributed by atoms with Crippen LogP contribution >= 0.6 is 29.5 Å². The average Bonchev–Trinajstić information content (AvgIpc) is 2.68. The Labute approximate surface area is 144 Å². The number of amides is 1. The van der Waals surface area contributed by atoms with Crippen molar-refractivity contribution in [2.75, 3.05) is 19.5 Å². The van der Waals surface area contributed by atoms with E-state index in [2.05, 4.69) is 31.5 Å². The average molecular weight is 440 g/mol. The summed E-state index contributed by atoms with van der Waals surface area (Å²) in [6, 6.07) is 0. The summed E-state index contributed by atoms with van der Waals surface area (Å²) < 4.78 is 6.29. The highest BCUT2D eigenvalue weighted by Crippen LogP contribution is 2.38. The van der Waals surface area contributed by atoms with E-state index in [4.69, 9.17) is 4.74 Å². The van der Waals surface area contributed by atoms with Crippen molar-refractivity contribution in [3.63, 3.8) is 0 Å². The normalized spacial score (nSPS) is 33.0. The molecular formula is C14H22IN2O4P. The Bertz CT molecular complexity index is 559. The Morgan fingerprint density at radius 2 is 2.09 bits per heavy atom. The summed E-state index contributed by atoms with van der Waals surface area (Å²) in [6.07, 6.45) is 4.00. The summed E-state index contributed by atoms with van der Waals surface area (Å²) in [4.78, 5) is 13.1. The lowest BCUT2D eigenvalue weighted by Crippen LogP contribution is -2.47. The van der Waals surface area contributed by atoms with Gasteiger partial charge in [-0.15, -0.1) is 13.2 Å². The third-order valence-corrected chi connectivity index (χ3v) is 5.91. The van der Waals surface area contributed by atoms with E-state index in [-0.39, 0.29) is 5.91 Å². The maximum Gasteiger partial charge on any atom is 0.264 e. The molecule has 6 nitrogen and oxygen atoms in total. The van der Waals surface area contributed by atoms with Crippen LogP contribution in [0.25, 0.3) is 0 Å². The second kappa shape index (κ2) is 6.65. The van der Waals surface area contributed by atoms with Crippen LogP contribution in [-0.2, 0) is 9.53 Å². The summed E-state index contributed by atoms with van der Waals surface area (Å²) >= 11 is 1.90. The van der Waals surface area contributed by atoms with Crippen LogP contribution in [0.5, 0.6) is 0 Å². The fraction of sp³-hybridized carbons (Fsp3) is 0.571. The third kappa shape index (κ3) is 3.94. The molecule has 0 aromatic rings. The van der Waals surface area contributed by atoms with Gasteiger partial charge in [0, 0.05) is 6.20 Å². The first-order valence-electron chi connectivity index (χ1n) is 6.95. The summed E-state index contributed by atoms with van der Waals surface area (Å²) in [7, 11) is 0. The van der Waals surface area contributed by atoms with Crippen molar-refractivity contribution in [1.29, 1.82) is 0 Å². The van der Waals surface area contributed by atoms with Gasteiger partial charge in [-0.25, -0.2) is 0 Å². The Balaban J connectivity index is 2.11. The summed E-state index contributed by atoms with van der Waals surface area (Å²) in [5.41, 5.74) is 0. The summed E-state index contributed by atoms with van der Waals surface area (Å²) in [5, 5.41) is 23.1. The van der Waals surface area contributed by atoms with E-state index >= 15 is 0 Å². The molecule has 0 radical (unpaired) electrons. The first-order valence-corrected chi connectivity index (χ1v) is 11.1. The molecule has 1 unspecified atom stereocenters. The van der Waals surface area contributed by atoms with Crippen LogP contribution in [0.1, 0.15) is 6.42 Å². The molecule has 3 N–H and O–H groups in total. The van der Waals surface area contributed by atoms with E-state index in [1.54, 1.807) is 11.1 Å². The van der Waals surface area contributed by atoms with Gasteiger partial charge in [0.05, 0.1) is 9.68 Å². The maximum absolute atomic E-state index is 11.6. The lowest BCUT2D eigenvalue weighted by molar-refractivity contribution is -0.118. The van der Waals surface area contributed by atoms with Crippen LogP contribution in [-0.4, -0.2) is 71.4 Å². The predicted molar refractivity (Wildman–Crippen MR) is 97.3 cm³/mol. The highest BCUT2D eigenvalue weighted by Gasteiger charge is 2.46. The lowest BCUT2D eigenvalue weighted by Gasteiger charge is -2.33. The molecule has 0 spiro atoms. The van der Waals surface area contributed by atoms with Crippen molar-refractivity contribution < 1.29 is 19.7 Å². The smallest absolute Gasteiger partial charge is 0.264 e. The van der Waals surface area contributed by atoms with Gasteiger partial charge in [0.2, 0.25) is 0 Å². The molecule has 4 atom stereocenters. The third-order valence-electron chi connectivity index (χ3n) is 3.67. The molecular weight excluding hydrogens is 418 g/mol. The molecule has 22 heavy (non-hydrogen) atoms. The molecule has 0 aromatic heterocycles. The number of hydrogen-bond donors (Lipinski definition) is 3. The van der Waals surface area contributed by atoms with Crippen LogP contribution < -0.4 is 5.32 Å². The predicted octanol–water partition coefficient (Wildman–Crippen LogP) is 0.712. The van der Waals surface area contributed by atoms with Gasteiger partial charge in [-0.1, -0.05) is 6.58 Å². The second-order valence-corrected chi connectivity index (χ2v) is 11.8. The van der Waals surface area contributed by atoms with Crippen LogP contribution in [0.3, 0.4) is 0 Å². The Hall–Kier alpha value is -0.340. The van der Waals surface area contributed by atoms with Gasteiger partial charge in [-0.2, -0.15) is 0 Å². The summed E-state index contributed by atoms with van der Waals surface area (Å²) in [6.45, 7) is 6.78. The number of ether oxygens (including phenoxy) is 1. The largest absolute Gasteiger partial charge is 0.388 e. The molecule has 0 bridgehead atoms. The molecule has 2 rings (SSSR count). The first-order chi connectivity index (χ1) is 10.1. The van der Waals surface area contributed by atoms with Gasteiger partial charge in [0.25, 0.3) is 5.91 Å². The fourth-order valence-corrected chi connectivity index (χ4v) is 3.80. The van der Waals surface area contributed by atoms with Crippen molar-refractivity contribution in [3.8, 4) is 0 Å². The number of aliphatic hydroxyl groups is 2. The molecule has 2 heterocycles. The highest BCUT2D eigenvalue weighted by molar-refractivity contribution is 14.1. The Morgan fingerprint density at radius 1 is 1.45 bits per heavy atom. The van der Waals surface area contributed by atoms with Crippen molar-refractivity contribution >= 4 is 41.7 Å². The van der Waals surface area contributed by atoms with Crippen LogP contribution in [0.4, 0.5) is 0 Å². The van der Waals surface area contributed by atoms with E-state index in [9.17, 15) is 15.0 Å². The number of carbonyl (C=O) groups is 1. The molecule has 124 valence electrons. The first kappa shape index (κ1) is 18.0. The van der Waals surface area contributed by atoms with E-state index < -0.39 is 31.4 Å². The number of aliphatic hydroxyl groups excluding tert-OH is 2. The fourth-order valence-electron chi connectivity index (χ4n) is 2.42. The lowest BCUT2D eigenvalue weighted by atomic mass is 10.1. The number of halogens is 1. The minimum atomic E-state index is -1.22. The van der Waals surface area contributed by atoms with Crippen molar-refractivity contribution in [2.24, 2.45) is 0 Å². The minimum Gasteiger partial charge on any atom is -0.388 e. The number of nitrogens with one attached hydrogen (secondary N) is 1. The molecule has 1 saturated heterocycles. The van der Waals surface area contributed by atoms with E-state index in [1.165, 1.54) is 0 Å². The molecule has 2 aliphatic heterocycles. The number of nitrogens with zero attached hydrogens (tertiary/aromatic N) is 1. The van der Waals surface area contributed by atoms with E-state index in [0.717, 1.165) is 6.16 Å². The van der Waals surface area contributed by atoms with E-state index in [0.29, 0.717) is 15.8 Å². The monoisotopic (exact) mass is 440 g/mol. The standard InChI is InChI=1S/C14H22IN2O4P/c1-8-16-13(20)9(15)7-17(8)14-12(19)11(18)10(21-14)5-6-22(2,3)4/h7,10-12,14,18-19H,1-2,5-6H2,3-4H3,(H,16,20)/t10-,11-,12-,14?/m1/s1. The van der Waals surface area contributed by atoms with Crippen LogP contribution in [0, 0.1) is 0 Å². The Kier molecular flexibility index (Phi) is 5.44. The second-order valence-electron chi connectivity index (χ2n) is 6.28. The molecule has 8 heteroatoms. The molecule has 0 aromatic carbocycles. The molecule has 2 aliphatic rings. The van der Waals surface area contributed by atoms with E-state index in [1.807, 2.05) is 22.6 Å². The van der Waals surface area contributed by atoms with Gasteiger partial charge in [-0.05, 0) is 48.5 Å². The maximum atomic E-state index is 11.6. The molecule has 0 aliphatic carbocycles. The minimum absolute atomic E-state index is 0.241. The zero-order chi connectivity index (χ0) is 16.7. The van der Waals surface area contributed by atoms with Crippen molar-refractivity contribution in [3.05, 3.63) is 22.2 Å². The Morgan fingerprint density at radius 3 is 2.68 bits per heavy atom. The van der Waals surface area contributed by atoms with Crippen molar-refractivity contribution in [1.82, 2.24) is 10.2 Å². The van der Waals surface area contributed by atoms with Gasteiger partial charge in [0.1, 0.15) is 18.0 Å². The van der Waals surface area contributed by atoms with Crippen molar-refractivity contribution in [2.45, 2.75) is 31.0 Å². The van der Waals surface area contributed by atoms with Crippen LogP contribution in [0.2, 0.25) is 0 Å². The van der Waals surface area contributed by atoms with Gasteiger partial charge in [-0.3, -0.25) is 4.79 Å². The molecule has 1 amide bonds. The number of hydrogen-bond acceptors (Lipinski definition) is 5. The van der Waals surface area contributed by atoms with Gasteiger partial charge < -0.3 is 25.2 Å². The number of rotatable bonds is 4. The topological polar surface area (TPSA) is 82.0 Å². The zero-order valence-electron chi connectivity index (χ0n) is 12.7. The van der Waals surface area contributed by atoms with Gasteiger partial charge >= 0.3 is 0 Å². The summed E-state index contributed by atoms with van der Waals surface area (Å²) in [5.74, 6) is 0.0855. The number of carbonyl (C=O) groups excluding carboxylic acids is 1. The molecule has 0 saturated carbocycles. The van der Waals surface area contributed by atoms with Gasteiger partial charge in [0.15, 0.2) is 6.23 Å². The highest BCUT2D eigenvalue weighted by atomic mass is 127.